The number of rotatable bonds is 6. The average Bonchev–Trinajstić information content (AvgIpc) is 3.35. The maximum atomic E-state index is 15.2. The van der Waals surface area contributed by atoms with E-state index in [0.29, 0.717) is 37.0 Å². The summed E-state index contributed by atoms with van der Waals surface area (Å²) in [5, 5.41) is 18.0. The number of hydrogen-bond donors (Lipinski definition) is 3. The van der Waals surface area contributed by atoms with Gasteiger partial charge in [0.2, 0.25) is 0 Å². The summed E-state index contributed by atoms with van der Waals surface area (Å²) in [4.78, 5) is 20.7. The highest BCUT2D eigenvalue weighted by molar-refractivity contribution is 5.67. The number of ether oxygens (including phenoxy) is 1. The molecule has 2 fully saturated rings. The molecule has 0 unspecified atom stereocenters. The lowest BCUT2D eigenvalue weighted by atomic mass is 9.72. The summed E-state index contributed by atoms with van der Waals surface area (Å²) in [5.41, 5.74) is 8.22. The Labute approximate surface area is 242 Å². The van der Waals surface area contributed by atoms with Gasteiger partial charge < -0.3 is 20.9 Å². The molecule has 4 N–H and O–H groups in total. The third-order valence-corrected chi connectivity index (χ3v) is 8.96. The van der Waals surface area contributed by atoms with Crippen LogP contribution in [0, 0.1) is 17.6 Å². The first-order valence-electron chi connectivity index (χ1n) is 14.3. The van der Waals surface area contributed by atoms with Crippen LogP contribution in [0.1, 0.15) is 67.5 Å². The second kappa shape index (κ2) is 11.0. The number of nitrogens with two attached hydrogens (primary N) is 1. The Kier molecular flexibility index (Phi) is 7.40. The molecule has 0 radical (unpaired) electrons. The number of halogens is 2. The number of carbonyl (C=O) groups excluding carboxylic acids is 1. The van der Waals surface area contributed by atoms with Crippen LogP contribution in [-0.4, -0.2) is 50.0 Å². The molecule has 3 aromatic heterocycles. The van der Waals surface area contributed by atoms with Crippen LogP contribution in [0.15, 0.2) is 48.9 Å². The van der Waals surface area contributed by atoms with Crippen LogP contribution in [0.25, 0.3) is 16.8 Å². The first kappa shape index (κ1) is 28.2. The molecule has 4 aromatic rings. The SMILES string of the molecule is COC(=O)N[C@@H]1[C@H](N)C[C@H](c2ccncc2Cc2ncc3ccc(-c4c(F)cc(C5(O)CCC5)cc4F)nn23)C[C@@H]1C. The summed E-state index contributed by atoms with van der Waals surface area (Å²) in [7, 11) is 1.33. The molecule has 1 aromatic carbocycles. The number of nitrogens with one attached hydrogen (secondary N) is 1. The number of alkyl carbamates (subject to hydrolysis) is 1. The Hall–Kier alpha value is -3.96. The van der Waals surface area contributed by atoms with Gasteiger partial charge in [0.1, 0.15) is 17.5 Å². The summed E-state index contributed by atoms with van der Waals surface area (Å²) >= 11 is 0. The number of hydrogen-bond acceptors (Lipinski definition) is 7. The molecule has 3 heterocycles. The molecule has 0 bridgehead atoms. The third-order valence-electron chi connectivity index (χ3n) is 8.96. The Bertz CT molecular complexity index is 1600. The monoisotopic (exact) mass is 576 g/mol. The normalized spacial score (nSPS) is 23.4. The Morgan fingerprint density at radius 3 is 2.62 bits per heavy atom. The molecule has 2 saturated carbocycles. The minimum Gasteiger partial charge on any atom is -0.453 e. The van der Waals surface area contributed by atoms with Gasteiger partial charge in [-0.05, 0) is 91.0 Å². The molecule has 220 valence electrons. The Morgan fingerprint density at radius 1 is 1.19 bits per heavy atom. The maximum absolute atomic E-state index is 15.2. The van der Waals surface area contributed by atoms with Gasteiger partial charge in [-0.15, -0.1) is 0 Å². The molecule has 11 heteroatoms. The maximum Gasteiger partial charge on any atom is 0.407 e. The van der Waals surface area contributed by atoms with Crippen molar-refractivity contribution in [3.05, 3.63) is 83.1 Å². The smallest absolute Gasteiger partial charge is 0.407 e. The zero-order valence-electron chi connectivity index (χ0n) is 23.6. The summed E-state index contributed by atoms with van der Waals surface area (Å²) in [6.45, 7) is 2.07. The molecule has 1 amide bonds. The fraction of sp³-hybridized carbons (Fsp3) is 0.419. The number of nitrogens with zero attached hydrogens (tertiary/aromatic N) is 4. The summed E-state index contributed by atoms with van der Waals surface area (Å²) in [5.74, 6) is -0.671. The van der Waals surface area contributed by atoms with Crippen LogP contribution in [0.2, 0.25) is 0 Å². The van der Waals surface area contributed by atoms with E-state index in [0.717, 1.165) is 24.0 Å². The number of carbonyl (C=O) groups is 1. The average molecular weight is 577 g/mol. The van der Waals surface area contributed by atoms with Gasteiger partial charge >= 0.3 is 6.09 Å². The molecule has 0 spiro atoms. The molecular formula is C31H34F2N6O3. The first-order chi connectivity index (χ1) is 20.2. The van der Waals surface area contributed by atoms with E-state index in [9.17, 15) is 9.90 Å². The van der Waals surface area contributed by atoms with E-state index in [4.69, 9.17) is 10.5 Å². The number of methoxy groups -OCH3 is 1. The van der Waals surface area contributed by atoms with E-state index in [1.165, 1.54) is 19.2 Å². The fourth-order valence-electron chi connectivity index (χ4n) is 6.52. The zero-order valence-corrected chi connectivity index (χ0v) is 23.6. The van der Waals surface area contributed by atoms with Gasteiger partial charge in [-0.3, -0.25) is 4.98 Å². The lowest BCUT2D eigenvalue weighted by Crippen LogP contribution is -2.54. The molecule has 4 atom stereocenters. The number of pyridine rings is 1. The number of fused-ring (bicyclic) bond motifs is 1. The van der Waals surface area contributed by atoms with Crippen molar-refractivity contribution in [1.82, 2.24) is 24.9 Å². The standard InChI is InChI=1S/C31H34F2N6O3/c1-17-10-18(11-25(34)29(17)37-30(40)42-2)22-6-9-35-15-19(22)12-27-36-16-21-4-5-26(38-39(21)27)28-23(32)13-20(14-24(28)33)31(41)7-3-8-31/h4-6,9,13-18,25,29,41H,3,7-8,10-12,34H2,1-2H3,(H,37,40)/t17-,18+,25+,29-/m0/s1. The summed E-state index contributed by atoms with van der Waals surface area (Å²) < 4.78 is 36.8. The topological polar surface area (TPSA) is 128 Å². The van der Waals surface area contributed by atoms with Crippen LogP contribution in [0.5, 0.6) is 0 Å². The van der Waals surface area contributed by atoms with Crippen molar-refractivity contribution in [1.29, 1.82) is 0 Å². The van der Waals surface area contributed by atoms with Gasteiger partial charge in [0.25, 0.3) is 0 Å². The van der Waals surface area contributed by atoms with Crippen LogP contribution in [0.4, 0.5) is 13.6 Å². The minimum absolute atomic E-state index is 0.122. The van der Waals surface area contributed by atoms with Crippen molar-refractivity contribution >= 4 is 11.6 Å². The van der Waals surface area contributed by atoms with Gasteiger partial charge in [0.15, 0.2) is 0 Å². The lowest BCUT2D eigenvalue weighted by molar-refractivity contribution is -0.0392. The van der Waals surface area contributed by atoms with Crippen molar-refractivity contribution < 1.29 is 23.4 Å². The van der Waals surface area contributed by atoms with Crippen molar-refractivity contribution in [2.45, 2.75) is 69.1 Å². The second-order valence-electron chi connectivity index (χ2n) is 11.7. The lowest BCUT2D eigenvalue weighted by Gasteiger charge is -2.39. The van der Waals surface area contributed by atoms with Gasteiger partial charge in [0.05, 0.1) is 35.7 Å². The molecule has 2 aliphatic rings. The highest BCUT2D eigenvalue weighted by atomic mass is 19.1. The summed E-state index contributed by atoms with van der Waals surface area (Å²) in [6.07, 6.45) is 8.42. The molecule has 9 nitrogen and oxygen atoms in total. The minimum atomic E-state index is -1.17. The van der Waals surface area contributed by atoms with Crippen LogP contribution in [-0.2, 0) is 16.8 Å². The molecule has 42 heavy (non-hydrogen) atoms. The van der Waals surface area contributed by atoms with Gasteiger partial charge in [-0.2, -0.15) is 5.10 Å². The molecule has 0 aliphatic heterocycles. The predicted molar refractivity (Wildman–Crippen MR) is 152 cm³/mol. The van der Waals surface area contributed by atoms with Crippen molar-refractivity contribution in [2.24, 2.45) is 11.7 Å². The van der Waals surface area contributed by atoms with E-state index < -0.39 is 23.3 Å². The molecule has 0 saturated heterocycles. The van der Waals surface area contributed by atoms with E-state index in [2.05, 4.69) is 27.3 Å². The van der Waals surface area contributed by atoms with Crippen LogP contribution < -0.4 is 11.1 Å². The number of aliphatic hydroxyl groups is 1. The van der Waals surface area contributed by atoms with Gasteiger partial charge in [0, 0.05) is 30.9 Å². The highest BCUT2D eigenvalue weighted by Gasteiger charge is 2.38. The second-order valence-corrected chi connectivity index (χ2v) is 11.7. The van der Waals surface area contributed by atoms with Gasteiger partial charge in [-0.25, -0.2) is 23.1 Å². The van der Waals surface area contributed by atoms with E-state index in [-0.39, 0.29) is 40.7 Å². The van der Waals surface area contributed by atoms with Crippen molar-refractivity contribution in [3.63, 3.8) is 0 Å². The van der Waals surface area contributed by atoms with Crippen LogP contribution >= 0.6 is 0 Å². The van der Waals surface area contributed by atoms with Crippen LogP contribution in [0.3, 0.4) is 0 Å². The Balaban J connectivity index is 1.28. The molecule has 6 rings (SSSR count). The Morgan fingerprint density at radius 2 is 1.95 bits per heavy atom. The van der Waals surface area contributed by atoms with E-state index in [1.54, 1.807) is 35.2 Å². The third kappa shape index (κ3) is 5.11. The number of amides is 1. The first-order valence-corrected chi connectivity index (χ1v) is 14.3. The zero-order chi connectivity index (χ0) is 29.6. The van der Waals surface area contributed by atoms with E-state index in [1.807, 2.05) is 6.07 Å². The largest absolute Gasteiger partial charge is 0.453 e. The summed E-state index contributed by atoms with van der Waals surface area (Å²) in [6, 6.07) is 7.26. The van der Waals surface area contributed by atoms with Crippen molar-refractivity contribution in [2.75, 3.05) is 7.11 Å². The fourth-order valence-corrected chi connectivity index (χ4v) is 6.52. The number of imidazole rings is 1. The van der Waals surface area contributed by atoms with E-state index >= 15 is 8.78 Å². The molecular weight excluding hydrogens is 542 g/mol. The van der Waals surface area contributed by atoms with Crippen molar-refractivity contribution in [3.8, 4) is 11.3 Å². The molecule has 2 aliphatic carbocycles. The highest BCUT2D eigenvalue weighted by Crippen LogP contribution is 2.43. The number of benzene rings is 1. The quantitative estimate of drug-likeness (QED) is 0.306. The number of aromatic nitrogens is 4. The predicted octanol–water partition coefficient (Wildman–Crippen LogP) is 4.60. The van der Waals surface area contributed by atoms with Gasteiger partial charge in [-0.1, -0.05) is 6.92 Å².